The Morgan fingerprint density at radius 2 is 1.51 bits per heavy atom. The lowest BCUT2D eigenvalue weighted by molar-refractivity contribution is -0.261. The highest BCUT2D eigenvalue weighted by molar-refractivity contribution is 6.76. The molecule has 3 rings (SSSR count). The number of alkyl halides is 3. The van der Waals surface area contributed by atoms with Gasteiger partial charge in [0.2, 0.25) is 0 Å². The van der Waals surface area contributed by atoms with Gasteiger partial charge in [0, 0.05) is 0 Å². The van der Waals surface area contributed by atoms with Crippen LogP contribution in [0, 0.1) is 0 Å². The lowest BCUT2D eigenvalue weighted by Gasteiger charge is -2.48. The van der Waals surface area contributed by atoms with Gasteiger partial charge in [0.25, 0.3) is 9.70 Å². The van der Waals surface area contributed by atoms with E-state index in [0.717, 1.165) is 11.1 Å². The number of halogens is 3. The molecule has 0 unspecified atom stereocenters. The van der Waals surface area contributed by atoms with Crippen molar-refractivity contribution in [2.24, 2.45) is 0 Å². The molecular weight excluding hydrogens is 581 g/mol. The molecule has 0 radical (unpaired) electrons. The Balaban J connectivity index is 1.89. The first-order valence-corrected chi connectivity index (χ1v) is 16.9. The Kier molecular flexibility index (Phi) is 11.3. The van der Waals surface area contributed by atoms with Crippen LogP contribution in [-0.4, -0.2) is 60.4 Å². The quantitative estimate of drug-likeness (QED) is 0.261. The predicted molar refractivity (Wildman–Crippen MR) is 156 cm³/mol. The minimum Gasteiger partial charge on any atom is -0.391 e. The molecule has 1 aliphatic rings. The number of aliphatic hydroxyl groups excluding tert-OH is 1. The summed E-state index contributed by atoms with van der Waals surface area (Å²) in [4.78, 5) is 12.8. The molecule has 39 heavy (non-hydrogen) atoms. The molecule has 1 aliphatic heterocycles. The summed E-state index contributed by atoms with van der Waals surface area (Å²) in [7, 11) is -2.44. The number of ether oxygens (including phenoxy) is 3. The van der Waals surface area contributed by atoms with E-state index in [9.17, 15) is 9.90 Å². The molecule has 2 aromatic carbocycles. The smallest absolute Gasteiger partial charge is 0.272 e. The highest BCUT2D eigenvalue weighted by Gasteiger charge is 2.52. The van der Waals surface area contributed by atoms with Gasteiger partial charge in [0.15, 0.2) is 14.6 Å². The Hall–Kier alpha value is -1.20. The van der Waals surface area contributed by atoms with Gasteiger partial charge in [-0.2, -0.15) is 0 Å². The summed E-state index contributed by atoms with van der Waals surface area (Å²) in [5.41, 5.74) is 1.88. The second-order valence-electron chi connectivity index (χ2n) is 11.2. The van der Waals surface area contributed by atoms with Crippen LogP contribution in [0.25, 0.3) is 0 Å². The number of hydrogen-bond acceptors (Lipinski definition) is 6. The maximum atomic E-state index is 12.8. The van der Waals surface area contributed by atoms with Crippen molar-refractivity contribution in [3.8, 4) is 0 Å². The normalized spacial score (nSPS) is 24.4. The van der Waals surface area contributed by atoms with Crippen LogP contribution in [0.4, 0.5) is 0 Å². The molecule has 5 atom stereocenters. The first kappa shape index (κ1) is 32.3. The Labute approximate surface area is 247 Å². The van der Waals surface area contributed by atoms with Crippen molar-refractivity contribution in [2.45, 2.75) is 86.6 Å². The summed E-state index contributed by atoms with van der Waals surface area (Å²) < 4.78 is 22.8. The maximum Gasteiger partial charge on any atom is 0.272 e. The van der Waals surface area contributed by atoms with Gasteiger partial charge in [0.05, 0.1) is 19.8 Å². The topological polar surface area (TPSA) is 86.2 Å². The van der Waals surface area contributed by atoms with E-state index in [0.29, 0.717) is 6.61 Å². The fourth-order valence-corrected chi connectivity index (χ4v) is 5.14. The number of nitrogens with one attached hydrogen (secondary N) is 1. The van der Waals surface area contributed by atoms with E-state index in [2.05, 4.69) is 39.2 Å². The number of aliphatic hydroxyl groups is 1. The fourth-order valence-electron chi connectivity index (χ4n) is 3.84. The Morgan fingerprint density at radius 3 is 2.03 bits per heavy atom. The molecule has 11 heteroatoms. The third-order valence-electron chi connectivity index (χ3n) is 7.12. The molecular formula is C28H38Cl3NO6Si. The predicted octanol–water partition coefficient (Wildman–Crippen LogP) is 5.75. The van der Waals surface area contributed by atoms with Gasteiger partial charge in [0.1, 0.15) is 24.4 Å². The third kappa shape index (κ3) is 9.15. The summed E-state index contributed by atoms with van der Waals surface area (Å²) in [5.74, 6) is -0.871. The standard InChI is InChI=1S/C28H38Cl3NO6Si/c1-27(2,3)39(4,5)38-25-22(32-26(34)28(29,30)31)24(36-17-20-14-10-7-11-15-20)23(33)21(37-25)18-35-16-19-12-8-6-9-13-19/h6-15,21-25,33H,16-18H2,1-5H3,(H,32,34)/t21-,22-,23-,24-,25+/m1/s1. The van der Waals surface area contributed by atoms with Crippen molar-refractivity contribution in [2.75, 3.05) is 6.61 Å². The number of carbonyl (C=O) groups is 1. The largest absolute Gasteiger partial charge is 0.391 e. The molecule has 1 amide bonds. The van der Waals surface area contributed by atoms with Crippen molar-refractivity contribution in [1.29, 1.82) is 0 Å². The zero-order valence-corrected chi connectivity index (χ0v) is 26.2. The van der Waals surface area contributed by atoms with Crippen LogP contribution in [0.1, 0.15) is 31.9 Å². The van der Waals surface area contributed by atoms with Gasteiger partial charge in [-0.15, -0.1) is 0 Å². The Bertz CT molecular complexity index is 1050. The molecule has 1 saturated heterocycles. The summed E-state index contributed by atoms with van der Waals surface area (Å²) in [6.45, 7) is 11.0. The van der Waals surface area contributed by atoms with Crippen LogP contribution in [0.3, 0.4) is 0 Å². The fraction of sp³-hybridized carbons (Fsp3) is 0.536. The van der Waals surface area contributed by atoms with Crippen LogP contribution in [0.5, 0.6) is 0 Å². The summed E-state index contributed by atoms with van der Waals surface area (Å²) in [6.07, 6.45) is -3.92. The van der Waals surface area contributed by atoms with Crippen molar-refractivity contribution < 1.29 is 28.5 Å². The van der Waals surface area contributed by atoms with Gasteiger partial charge in [-0.3, -0.25) is 4.79 Å². The van der Waals surface area contributed by atoms with E-state index in [1.165, 1.54) is 0 Å². The van der Waals surface area contributed by atoms with E-state index in [1.807, 2.05) is 60.7 Å². The van der Waals surface area contributed by atoms with E-state index < -0.39 is 48.7 Å². The molecule has 0 spiro atoms. The number of benzene rings is 2. The molecule has 7 nitrogen and oxygen atoms in total. The lowest BCUT2D eigenvalue weighted by atomic mass is 9.96. The highest BCUT2D eigenvalue weighted by atomic mass is 35.6. The molecule has 0 bridgehead atoms. The minimum atomic E-state index is -2.44. The number of rotatable bonds is 10. The van der Waals surface area contributed by atoms with Gasteiger partial charge < -0.3 is 29.1 Å². The summed E-state index contributed by atoms with van der Waals surface area (Å²) in [6, 6.07) is 18.2. The van der Waals surface area contributed by atoms with Crippen molar-refractivity contribution in [3.63, 3.8) is 0 Å². The van der Waals surface area contributed by atoms with Crippen LogP contribution < -0.4 is 5.32 Å². The second kappa shape index (κ2) is 13.6. The van der Waals surface area contributed by atoms with E-state index in [4.69, 9.17) is 53.4 Å². The molecule has 0 aliphatic carbocycles. The van der Waals surface area contributed by atoms with E-state index >= 15 is 0 Å². The Morgan fingerprint density at radius 1 is 0.974 bits per heavy atom. The molecule has 216 valence electrons. The van der Waals surface area contributed by atoms with Gasteiger partial charge >= 0.3 is 0 Å². The van der Waals surface area contributed by atoms with Crippen LogP contribution in [0.15, 0.2) is 60.7 Å². The molecule has 1 heterocycles. The number of amides is 1. The highest BCUT2D eigenvalue weighted by Crippen LogP contribution is 2.39. The molecule has 1 fully saturated rings. The first-order chi connectivity index (χ1) is 18.2. The zero-order chi connectivity index (χ0) is 28.8. The summed E-state index contributed by atoms with van der Waals surface area (Å²) >= 11 is 17.7. The van der Waals surface area contributed by atoms with Crippen molar-refractivity contribution >= 4 is 49.0 Å². The van der Waals surface area contributed by atoms with E-state index in [1.54, 1.807) is 0 Å². The molecule has 2 aromatic rings. The SMILES string of the molecule is CC(C)(C)[Si](C)(C)O[C@@H]1O[C@H](COCc2ccccc2)[C@@H](O)[C@H](OCc2ccccc2)[C@H]1NC(=O)C(Cl)(Cl)Cl. The summed E-state index contributed by atoms with van der Waals surface area (Å²) in [5, 5.41) is 14.0. The van der Waals surface area contributed by atoms with E-state index in [-0.39, 0.29) is 18.3 Å². The zero-order valence-electron chi connectivity index (χ0n) is 22.9. The average molecular weight is 619 g/mol. The third-order valence-corrected chi connectivity index (χ3v) is 12.1. The van der Waals surface area contributed by atoms with Crippen molar-refractivity contribution in [1.82, 2.24) is 5.32 Å². The molecule has 0 saturated carbocycles. The van der Waals surface area contributed by atoms with Crippen LogP contribution in [0.2, 0.25) is 18.1 Å². The first-order valence-electron chi connectivity index (χ1n) is 12.9. The van der Waals surface area contributed by atoms with Crippen LogP contribution in [-0.2, 0) is 36.6 Å². The van der Waals surface area contributed by atoms with Gasteiger partial charge in [-0.25, -0.2) is 0 Å². The lowest BCUT2D eigenvalue weighted by Crippen LogP contribution is -2.68. The number of hydrogen-bond donors (Lipinski definition) is 2. The monoisotopic (exact) mass is 617 g/mol. The average Bonchev–Trinajstić information content (AvgIpc) is 2.86. The molecule has 0 aromatic heterocycles. The van der Waals surface area contributed by atoms with Gasteiger partial charge in [-0.1, -0.05) is 116 Å². The van der Waals surface area contributed by atoms with Crippen molar-refractivity contribution in [3.05, 3.63) is 71.8 Å². The minimum absolute atomic E-state index is 0.0732. The van der Waals surface area contributed by atoms with Crippen LogP contribution >= 0.6 is 34.8 Å². The molecule has 2 N–H and O–H groups in total. The van der Waals surface area contributed by atoms with Gasteiger partial charge in [-0.05, 0) is 29.3 Å². The maximum absolute atomic E-state index is 12.8. The second-order valence-corrected chi connectivity index (χ2v) is 18.2. The number of carbonyl (C=O) groups excluding carboxylic acids is 1.